The van der Waals surface area contributed by atoms with Crippen LogP contribution in [-0.2, 0) is 0 Å². The first kappa shape index (κ1) is 18.5. The predicted octanol–water partition coefficient (Wildman–Crippen LogP) is -1.10. The fourth-order valence-corrected chi connectivity index (χ4v) is 0.675. The molecule has 0 bridgehead atoms. The molecule has 0 aliphatic rings. The van der Waals surface area contributed by atoms with Crippen LogP contribution in [0.2, 0.25) is 0 Å². The van der Waals surface area contributed by atoms with E-state index in [2.05, 4.69) is 0 Å². The molecule has 1 N–H and O–H groups in total. The van der Waals surface area contributed by atoms with Crippen LogP contribution in [0, 0.1) is 0 Å². The maximum Gasteiger partial charge on any atom is 2.00 e. The van der Waals surface area contributed by atoms with Gasteiger partial charge in [0, 0.05) is 0 Å². The summed E-state index contributed by atoms with van der Waals surface area (Å²) in [4.78, 5) is 0. The van der Waals surface area contributed by atoms with E-state index in [-0.39, 0.29) is 46.1 Å². The van der Waals surface area contributed by atoms with Crippen LogP contribution in [-0.4, -0.2) is 34.3 Å². The van der Waals surface area contributed by atoms with Gasteiger partial charge < -0.3 is 22.1 Å². The third kappa shape index (κ3) is 6.23. The summed E-state index contributed by atoms with van der Waals surface area (Å²) in [6, 6.07) is 0. The van der Waals surface area contributed by atoms with Gasteiger partial charge in [-0.25, -0.2) is 0 Å². The van der Waals surface area contributed by atoms with Crippen LogP contribution in [0.4, 0.5) is 0 Å². The topological polar surface area (TPSA) is 20.2 Å². The van der Waals surface area contributed by atoms with Crippen LogP contribution in [0.3, 0.4) is 0 Å². The van der Waals surface area contributed by atoms with Crippen LogP contribution < -0.4 is 17.0 Å². The van der Waals surface area contributed by atoms with Crippen LogP contribution >= 0.6 is 0 Å². The molecule has 3 heteroatoms. The van der Waals surface area contributed by atoms with Gasteiger partial charge in [0.25, 0.3) is 0 Å². The Kier molecular flexibility index (Phi) is 15.0. The fraction of sp³-hybridized carbons (Fsp3) is 0.556. The second kappa shape index (κ2) is 9.77. The van der Waals surface area contributed by atoms with Crippen molar-refractivity contribution in [2.24, 2.45) is 0 Å². The summed E-state index contributed by atoms with van der Waals surface area (Å²) in [5.41, 5.74) is 2.02. The van der Waals surface area contributed by atoms with Crippen molar-refractivity contribution < 1.29 is 22.1 Å². The number of allylic oxidation sites excluding steroid dienone is 2. The Hall–Kier alpha value is 0.686. The second-order valence-electron chi connectivity index (χ2n) is 2.47. The molecule has 0 aromatic heterocycles. The molecule has 0 rings (SSSR count). The van der Waals surface area contributed by atoms with E-state index in [1.54, 1.807) is 0 Å². The van der Waals surface area contributed by atoms with Gasteiger partial charge in [0.1, 0.15) is 0 Å². The maximum absolute atomic E-state index is 9.45. The van der Waals surface area contributed by atoms with Gasteiger partial charge >= 0.3 is 23.1 Å². The molecule has 0 saturated heterocycles. The minimum Gasteiger partial charge on any atom is -1.00 e. The average Bonchev–Trinajstić information content (AvgIpc) is 2.00. The summed E-state index contributed by atoms with van der Waals surface area (Å²) >= 11 is 0. The number of aliphatic hydroxyl groups is 1. The SMILES string of the molecule is C/C=C(\C)C(O)/C(C)=C/C.[Br-].[Mg+2]. The van der Waals surface area contributed by atoms with Gasteiger partial charge in [0.05, 0.1) is 6.10 Å². The van der Waals surface area contributed by atoms with E-state index in [9.17, 15) is 5.11 Å². The van der Waals surface area contributed by atoms with E-state index in [4.69, 9.17) is 0 Å². The fourth-order valence-electron chi connectivity index (χ4n) is 0.675. The molecule has 0 aromatic carbocycles. The molecule has 0 unspecified atom stereocenters. The van der Waals surface area contributed by atoms with Crippen molar-refractivity contribution in [1.82, 2.24) is 0 Å². The van der Waals surface area contributed by atoms with Crippen molar-refractivity contribution in [2.75, 3.05) is 0 Å². The average molecular weight is 244 g/mol. The van der Waals surface area contributed by atoms with Crippen molar-refractivity contribution >= 4 is 23.1 Å². The molecule has 0 atom stereocenters. The minimum atomic E-state index is -0.380. The van der Waals surface area contributed by atoms with Crippen molar-refractivity contribution in [3.8, 4) is 0 Å². The van der Waals surface area contributed by atoms with E-state index in [1.165, 1.54) is 0 Å². The maximum atomic E-state index is 9.45. The molecule has 0 radical (unpaired) electrons. The molecular formula is C9H16BrMgO+. The quantitative estimate of drug-likeness (QED) is 0.483. The van der Waals surface area contributed by atoms with Crippen LogP contribution in [0.15, 0.2) is 23.3 Å². The monoisotopic (exact) mass is 243 g/mol. The van der Waals surface area contributed by atoms with Crippen molar-refractivity contribution in [1.29, 1.82) is 0 Å². The normalized spacial score (nSPS) is 14.4. The molecule has 1 nitrogen and oxygen atoms in total. The Morgan fingerprint density at radius 3 is 1.50 bits per heavy atom. The Morgan fingerprint density at radius 1 is 1.08 bits per heavy atom. The molecule has 0 amide bonds. The molecule has 66 valence electrons. The summed E-state index contributed by atoms with van der Waals surface area (Å²) in [5.74, 6) is 0. The van der Waals surface area contributed by atoms with E-state index in [0.29, 0.717) is 0 Å². The number of hydrogen-bond acceptors (Lipinski definition) is 1. The van der Waals surface area contributed by atoms with Crippen LogP contribution in [0.1, 0.15) is 27.7 Å². The van der Waals surface area contributed by atoms with E-state index < -0.39 is 0 Å². The largest absolute Gasteiger partial charge is 2.00 e. The molecule has 12 heavy (non-hydrogen) atoms. The zero-order valence-electron chi connectivity index (χ0n) is 8.26. The smallest absolute Gasteiger partial charge is 1.00 e. The van der Waals surface area contributed by atoms with E-state index in [0.717, 1.165) is 11.1 Å². The summed E-state index contributed by atoms with van der Waals surface area (Å²) < 4.78 is 0. The number of hydrogen-bond donors (Lipinski definition) is 1. The molecular weight excluding hydrogens is 228 g/mol. The molecule has 0 fully saturated rings. The zero-order chi connectivity index (χ0) is 8.15. The van der Waals surface area contributed by atoms with Gasteiger partial charge in [0.2, 0.25) is 0 Å². The predicted molar refractivity (Wildman–Crippen MR) is 50.6 cm³/mol. The number of rotatable bonds is 2. The first-order valence-corrected chi connectivity index (χ1v) is 3.57. The van der Waals surface area contributed by atoms with Crippen LogP contribution in [0.5, 0.6) is 0 Å². The standard InChI is InChI=1S/C9H16O.BrH.Mg/c1-5-7(3)9(10)8(4)6-2;;/h5-6,9-10H,1-4H3;1H;/q;;+2/p-1/b7-5+,8-6+;;. The molecule has 0 aliphatic carbocycles. The summed E-state index contributed by atoms with van der Waals surface area (Å²) in [6.07, 6.45) is 3.48. The van der Waals surface area contributed by atoms with Gasteiger partial charge in [-0.1, -0.05) is 12.2 Å². The first-order chi connectivity index (χ1) is 4.63. The Balaban J connectivity index is -0.000000405. The summed E-state index contributed by atoms with van der Waals surface area (Å²) in [6.45, 7) is 7.72. The summed E-state index contributed by atoms with van der Waals surface area (Å²) in [7, 11) is 0. The molecule has 0 saturated carbocycles. The van der Waals surface area contributed by atoms with Crippen LogP contribution in [0.25, 0.3) is 0 Å². The zero-order valence-corrected chi connectivity index (χ0v) is 11.3. The Bertz CT molecular complexity index is 146. The van der Waals surface area contributed by atoms with Gasteiger partial charge in [-0.05, 0) is 38.8 Å². The molecule has 0 aromatic rings. The minimum absolute atomic E-state index is 0. The first-order valence-electron chi connectivity index (χ1n) is 3.57. The van der Waals surface area contributed by atoms with E-state index >= 15 is 0 Å². The van der Waals surface area contributed by atoms with Crippen molar-refractivity contribution in [3.05, 3.63) is 23.3 Å². The Labute approximate surface area is 102 Å². The molecule has 0 heterocycles. The second-order valence-corrected chi connectivity index (χ2v) is 2.47. The van der Waals surface area contributed by atoms with E-state index in [1.807, 2.05) is 39.8 Å². The van der Waals surface area contributed by atoms with Gasteiger partial charge in [-0.2, -0.15) is 0 Å². The summed E-state index contributed by atoms with van der Waals surface area (Å²) in [5, 5.41) is 9.45. The Morgan fingerprint density at radius 2 is 1.33 bits per heavy atom. The molecule has 0 aliphatic heterocycles. The molecule has 0 spiro atoms. The van der Waals surface area contributed by atoms with Gasteiger partial charge in [0.15, 0.2) is 0 Å². The third-order valence-electron chi connectivity index (χ3n) is 1.77. The van der Waals surface area contributed by atoms with Crippen molar-refractivity contribution in [2.45, 2.75) is 33.8 Å². The van der Waals surface area contributed by atoms with Crippen molar-refractivity contribution in [3.63, 3.8) is 0 Å². The van der Waals surface area contributed by atoms with Gasteiger partial charge in [-0.3, -0.25) is 0 Å². The third-order valence-corrected chi connectivity index (χ3v) is 1.77. The number of halogens is 1. The number of aliphatic hydroxyl groups excluding tert-OH is 1. The van der Waals surface area contributed by atoms with Gasteiger partial charge in [-0.15, -0.1) is 0 Å².